The number of nitrogens with one attached hydrogen (secondary N) is 1. The highest BCUT2D eigenvalue weighted by Crippen LogP contribution is 2.05. The first-order chi connectivity index (χ1) is 7.74. The van der Waals surface area contributed by atoms with Gasteiger partial charge in [-0.05, 0) is 19.4 Å². The number of H-pyrrole nitrogens is 1. The molecule has 0 unspecified atom stereocenters. The molecule has 0 bridgehead atoms. The van der Waals surface area contributed by atoms with Crippen LogP contribution >= 0.6 is 0 Å². The zero-order valence-electron chi connectivity index (χ0n) is 8.81. The molecular formula is C9H14N6O. The number of aromatic amines is 1. The number of rotatable bonds is 4. The molecule has 2 heterocycles. The van der Waals surface area contributed by atoms with Crippen LogP contribution in [0.4, 0.5) is 5.95 Å². The van der Waals surface area contributed by atoms with Gasteiger partial charge in [0.15, 0.2) is 11.2 Å². The second-order valence-corrected chi connectivity index (χ2v) is 3.52. The van der Waals surface area contributed by atoms with Crippen LogP contribution in [0.25, 0.3) is 11.2 Å². The van der Waals surface area contributed by atoms with Gasteiger partial charge in [0.1, 0.15) is 0 Å². The molecule has 86 valence electrons. The van der Waals surface area contributed by atoms with E-state index in [0.717, 1.165) is 12.8 Å². The van der Waals surface area contributed by atoms with Crippen molar-refractivity contribution in [1.82, 2.24) is 19.5 Å². The third-order valence-electron chi connectivity index (χ3n) is 2.41. The first-order valence-electron chi connectivity index (χ1n) is 5.13. The van der Waals surface area contributed by atoms with Gasteiger partial charge in [0.25, 0.3) is 5.56 Å². The van der Waals surface area contributed by atoms with E-state index in [1.807, 2.05) is 0 Å². The third kappa shape index (κ3) is 1.76. The van der Waals surface area contributed by atoms with Crippen LogP contribution in [0.3, 0.4) is 0 Å². The van der Waals surface area contributed by atoms with Crippen molar-refractivity contribution < 1.29 is 0 Å². The van der Waals surface area contributed by atoms with E-state index in [-0.39, 0.29) is 11.5 Å². The maximum atomic E-state index is 11.9. The number of unbranched alkanes of at least 4 members (excludes halogenated alkanes) is 1. The van der Waals surface area contributed by atoms with Gasteiger partial charge in [0.2, 0.25) is 5.95 Å². The number of aromatic nitrogens is 4. The van der Waals surface area contributed by atoms with Crippen LogP contribution in [0.5, 0.6) is 0 Å². The summed E-state index contributed by atoms with van der Waals surface area (Å²) in [6.07, 6.45) is 3.09. The summed E-state index contributed by atoms with van der Waals surface area (Å²) in [5, 5.41) is 0. The summed E-state index contributed by atoms with van der Waals surface area (Å²) < 4.78 is 1.43. The molecule has 2 rings (SSSR count). The minimum absolute atomic E-state index is 0.207. The van der Waals surface area contributed by atoms with Gasteiger partial charge in [-0.2, -0.15) is 4.98 Å². The number of hydrogen-bond donors (Lipinski definition) is 3. The summed E-state index contributed by atoms with van der Waals surface area (Å²) in [6, 6.07) is 0. The van der Waals surface area contributed by atoms with Crippen LogP contribution in [-0.4, -0.2) is 26.1 Å². The molecule has 0 aliphatic heterocycles. The Balaban J connectivity index is 2.39. The highest BCUT2D eigenvalue weighted by Gasteiger charge is 2.09. The number of imidazole rings is 1. The van der Waals surface area contributed by atoms with E-state index < -0.39 is 0 Å². The quantitative estimate of drug-likeness (QED) is 0.600. The molecule has 0 saturated carbocycles. The Kier molecular flexibility index (Phi) is 2.86. The fraction of sp³-hybridized carbons (Fsp3) is 0.444. The summed E-state index contributed by atoms with van der Waals surface area (Å²) >= 11 is 0. The Hall–Kier alpha value is -1.89. The highest BCUT2D eigenvalue weighted by molar-refractivity contribution is 5.69. The van der Waals surface area contributed by atoms with Crippen molar-refractivity contribution in [2.75, 3.05) is 12.3 Å². The molecule has 0 atom stereocenters. The lowest BCUT2D eigenvalue weighted by Gasteiger charge is -2.07. The van der Waals surface area contributed by atoms with E-state index in [1.54, 1.807) is 0 Å². The summed E-state index contributed by atoms with van der Waals surface area (Å²) in [5.74, 6) is 0.207. The van der Waals surface area contributed by atoms with Gasteiger partial charge in [-0.1, -0.05) is 0 Å². The van der Waals surface area contributed by atoms with Gasteiger partial charge in [-0.3, -0.25) is 9.36 Å². The van der Waals surface area contributed by atoms with E-state index >= 15 is 0 Å². The highest BCUT2D eigenvalue weighted by atomic mass is 16.1. The number of hydrogen-bond acceptors (Lipinski definition) is 5. The Morgan fingerprint density at radius 1 is 1.44 bits per heavy atom. The SMILES string of the molecule is NCCCCn1c(N)nc2[nH]cnc2c1=O. The maximum absolute atomic E-state index is 11.9. The van der Waals surface area contributed by atoms with Crippen LogP contribution in [-0.2, 0) is 6.54 Å². The second kappa shape index (κ2) is 4.31. The molecular weight excluding hydrogens is 208 g/mol. The van der Waals surface area contributed by atoms with E-state index in [2.05, 4.69) is 15.0 Å². The number of nitrogens with zero attached hydrogens (tertiary/aromatic N) is 3. The van der Waals surface area contributed by atoms with Crippen molar-refractivity contribution in [2.24, 2.45) is 5.73 Å². The first kappa shape index (κ1) is 10.6. The zero-order chi connectivity index (χ0) is 11.5. The van der Waals surface area contributed by atoms with Crippen LogP contribution in [0.15, 0.2) is 11.1 Å². The number of nitrogen functional groups attached to an aromatic ring is 1. The van der Waals surface area contributed by atoms with E-state index in [4.69, 9.17) is 11.5 Å². The van der Waals surface area contributed by atoms with E-state index in [0.29, 0.717) is 24.3 Å². The molecule has 7 heteroatoms. The van der Waals surface area contributed by atoms with Crippen molar-refractivity contribution in [3.05, 3.63) is 16.7 Å². The molecule has 0 aliphatic rings. The molecule has 0 fully saturated rings. The van der Waals surface area contributed by atoms with Crippen LogP contribution in [0.1, 0.15) is 12.8 Å². The van der Waals surface area contributed by atoms with Crippen molar-refractivity contribution in [3.8, 4) is 0 Å². The Morgan fingerprint density at radius 3 is 3.00 bits per heavy atom. The van der Waals surface area contributed by atoms with Crippen LogP contribution in [0, 0.1) is 0 Å². The summed E-state index contributed by atoms with van der Waals surface area (Å²) in [5.41, 5.74) is 11.6. The Bertz CT molecular complexity index is 542. The van der Waals surface area contributed by atoms with Gasteiger partial charge in [-0.25, -0.2) is 4.98 Å². The molecule has 0 spiro atoms. The van der Waals surface area contributed by atoms with Crippen LogP contribution < -0.4 is 17.0 Å². The van der Waals surface area contributed by atoms with Gasteiger partial charge in [0.05, 0.1) is 6.33 Å². The fourth-order valence-electron chi connectivity index (χ4n) is 1.57. The third-order valence-corrected chi connectivity index (χ3v) is 2.41. The average Bonchev–Trinajstić information content (AvgIpc) is 2.71. The lowest BCUT2D eigenvalue weighted by Crippen LogP contribution is -2.25. The first-order valence-corrected chi connectivity index (χ1v) is 5.13. The molecule has 16 heavy (non-hydrogen) atoms. The van der Waals surface area contributed by atoms with Crippen molar-refractivity contribution in [1.29, 1.82) is 0 Å². The summed E-state index contributed by atoms with van der Waals surface area (Å²) in [7, 11) is 0. The molecule has 0 aromatic carbocycles. The minimum atomic E-state index is -0.208. The minimum Gasteiger partial charge on any atom is -0.369 e. The monoisotopic (exact) mass is 222 g/mol. The van der Waals surface area contributed by atoms with Crippen molar-refractivity contribution in [3.63, 3.8) is 0 Å². The molecule has 0 radical (unpaired) electrons. The van der Waals surface area contributed by atoms with Gasteiger partial charge in [0, 0.05) is 6.54 Å². The molecule has 0 aliphatic carbocycles. The Morgan fingerprint density at radius 2 is 2.25 bits per heavy atom. The van der Waals surface area contributed by atoms with Crippen molar-refractivity contribution >= 4 is 17.1 Å². The molecule has 5 N–H and O–H groups in total. The molecule has 2 aromatic rings. The Labute approximate surface area is 91.5 Å². The maximum Gasteiger partial charge on any atom is 0.283 e. The zero-order valence-corrected chi connectivity index (χ0v) is 8.81. The molecule has 7 nitrogen and oxygen atoms in total. The topological polar surface area (TPSA) is 116 Å². The molecule has 0 amide bonds. The standard InChI is InChI=1S/C9H14N6O/c10-3-1-2-4-15-8(16)6-7(13-5-12-6)14-9(15)11/h5H,1-4,10H2,(H2,11,14)(H,12,13). The van der Waals surface area contributed by atoms with Gasteiger partial charge in [-0.15, -0.1) is 0 Å². The van der Waals surface area contributed by atoms with Gasteiger partial charge < -0.3 is 16.5 Å². The van der Waals surface area contributed by atoms with Gasteiger partial charge >= 0.3 is 0 Å². The van der Waals surface area contributed by atoms with E-state index in [9.17, 15) is 4.79 Å². The molecule has 2 aromatic heterocycles. The largest absolute Gasteiger partial charge is 0.369 e. The second-order valence-electron chi connectivity index (χ2n) is 3.52. The predicted octanol–water partition coefficient (Wildman–Crippen LogP) is -0.559. The van der Waals surface area contributed by atoms with E-state index in [1.165, 1.54) is 10.9 Å². The number of anilines is 1. The molecule has 0 saturated heterocycles. The normalized spacial score (nSPS) is 11.1. The predicted molar refractivity (Wildman–Crippen MR) is 60.8 cm³/mol. The number of nitrogens with two attached hydrogens (primary N) is 2. The average molecular weight is 222 g/mol. The smallest absolute Gasteiger partial charge is 0.283 e. The van der Waals surface area contributed by atoms with Crippen LogP contribution in [0.2, 0.25) is 0 Å². The van der Waals surface area contributed by atoms with Crippen molar-refractivity contribution in [2.45, 2.75) is 19.4 Å². The lowest BCUT2D eigenvalue weighted by molar-refractivity contribution is 0.602. The number of fused-ring (bicyclic) bond motifs is 1. The summed E-state index contributed by atoms with van der Waals surface area (Å²) in [6.45, 7) is 1.13. The fourth-order valence-corrected chi connectivity index (χ4v) is 1.57. The lowest BCUT2D eigenvalue weighted by atomic mass is 10.3. The summed E-state index contributed by atoms with van der Waals surface area (Å²) in [4.78, 5) is 22.7.